The van der Waals surface area contributed by atoms with E-state index in [1.807, 2.05) is 0 Å². The molecule has 4 aliphatic rings. The molecule has 2 unspecified atom stereocenters. The first kappa shape index (κ1) is 42.1. The van der Waals surface area contributed by atoms with Crippen LogP contribution in [0.5, 0.6) is 0 Å². The largest absolute Gasteiger partial charge is 0.310 e. The Labute approximate surface area is 414 Å². The number of benzene rings is 8. The van der Waals surface area contributed by atoms with Gasteiger partial charge in [-0.1, -0.05) is 203 Å². The molecule has 3 aliphatic heterocycles. The molecule has 0 bridgehead atoms. The highest BCUT2D eigenvalue weighted by atomic mass is 15.1. The molecule has 0 amide bonds. The van der Waals surface area contributed by atoms with Gasteiger partial charge in [-0.2, -0.15) is 0 Å². The second kappa shape index (κ2) is 14.2. The van der Waals surface area contributed by atoms with E-state index in [-0.39, 0.29) is 17.5 Å². The monoisotopic (exact) mass is 904 g/mol. The molecule has 3 heteroatoms. The minimum Gasteiger partial charge on any atom is -0.310 e. The Kier molecular flexibility index (Phi) is 8.51. The number of hydrogen-bond donors (Lipinski definition) is 0. The predicted octanol–water partition coefficient (Wildman–Crippen LogP) is 15.5. The molecule has 8 aromatic carbocycles. The zero-order chi connectivity index (χ0) is 47.9. The van der Waals surface area contributed by atoms with E-state index in [4.69, 9.17) is 0 Å². The van der Waals surface area contributed by atoms with Gasteiger partial charge >= 0.3 is 0 Å². The van der Waals surface area contributed by atoms with Crippen molar-refractivity contribution in [2.24, 2.45) is 0 Å². The predicted molar refractivity (Wildman–Crippen MR) is 299 cm³/mol. The number of hydrogen-bond acceptors (Lipinski definition) is 0. The van der Waals surface area contributed by atoms with Gasteiger partial charge < -0.3 is 9.13 Å². The second-order valence-corrected chi connectivity index (χ2v) is 23.6. The van der Waals surface area contributed by atoms with Crippen molar-refractivity contribution in [2.75, 3.05) is 0 Å². The number of fused-ring (bicyclic) bond motifs is 11. The van der Waals surface area contributed by atoms with Crippen LogP contribution in [0, 0.1) is 0 Å². The average Bonchev–Trinajstić information content (AvgIpc) is 4.00. The van der Waals surface area contributed by atoms with Crippen LogP contribution >= 0.6 is 0 Å². The lowest BCUT2D eigenvalue weighted by Gasteiger charge is -2.44. The Morgan fingerprint density at radius 1 is 0.486 bits per heavy atom. The van der Waals surface area contributed by atoms with Crippen LogP contribution in [0.25, 0.3) is 77.6 Å². The van der Waals surface area contributed by atoms with Crippen LogP contribution in [0.15, 0.2) is 152 Å². The van der Waals surface area contributed by atoms with Crippen molar-refractivity contribution in [2.45, 2.75) is 110 Å². The van der Waals surface area contributed by atoms with Crippen LogP contribution in [0.3, 0.4) is 0 Å². The summed E-state index contributed by atoms with van der Waals surface area (Å²) in [4.78, 5) is 0. The van der Waals surface area contributed by atoms with Crippen molar-refractivity contribution in [3.05, 3.63) is 196 Å². The lowest BCUT2D eigenvalue weighted by atomic mass is 9.33. The Bertz CT molecular complexity index is 3850. The summed E-state index contributed by atoms with van der Waals surface area (Å²) < 4.78 is 5.50. The molecule has 5 heterocycles. The topological polar surface area (TPSA) is 9.86 Å². The third-order valence-electron chi connectivity index (χ3n) is 17.8. The molecule has 2 nitrogen and oxygen atoms in total. The average molecular weight is 905 g/mol. The van der Waals surface area contributed by atoms with Gasteiger partial charge in [0, 0.05) is 44.1 Å². The van der Waals surface area contributed by atoms with Crippen LogP contribution in [-0.4, -0.2) is 15.8 Å². The molecule has 0 radical (unpaired) electrons. The van der Waals surface area contributed by atoms with E-state index in [2.05, 4.69) is 230 Å². The smallest absolute Gasteiger partial charge is 0.252 e. The molecule has 0 saturated carbocycles. The molecule has 14 rings (SSSR count). The first-order chi connectivity index (χ1) is 33.7. The van der Waals surface area contributed by atoms with Gasteiger partial charge in [0.05, 0.1) is 16.6 Å². The van der Waals surface area contributed by atoms with Crippen molar-refractivity contribution in [3.8, 4) is 44.9 Å². The molecule has 2 atom stereocenters. The SMILES string of the molecule is CCC(C)c1cc2c3c(c1)c1cc(C(C)CC)cc4c1n3-c1c(ccc3c1B2c1cccc2c(-c5ccc(C(C)(C)C)cc5)c(-c5ccc(C(C)(C)C)cc5)n-3c12)C41c2ccccc2-c2ccccc21. The van der Waals surface area contributed by atoms with Gasteiger partial charge in [0.15, 0.2) is 0 Å². The molecule has 1 spiro atoms. The summed E-state index contributed by atoms with van der Waals surface area (Å²) in [6, 6.07) is 60.7. The van der Waals surface area contributed by atoms with Gasteiger partial charge in [-0.15, -0.1) is 0 Å². The quantitative estimate of drug-likeness (QED) is 0.147. The third-order valence-corrected chi connectivity index (χ3v) is 17.8. The van der Waals surface area contributed by atoms with Crippen molar-refractivity contribution in [3.63, 3.8) is 0 Å². The minimum absolute atomic E-state index is 0.0335. The summed E-state index contributed by atoms with van der Waals surface area (Å²) in [7, 11) is 0. The fourth-order valence-corrected chi connectivity index (χ4v) is 13.8. The third kappa shape index (κ3) is 5.21. The number of nitrogens with zero attached hydrogens (tertiary/aromatic N) is 2. The van der Waals surface area contributed by atoms with Gasteiger partial charge in [0.25, 0.3) is 6.71 Å². The van der Waals surface area contributed by atoms with E-state index in [0.29, 0.717) is 11.8 Å². The second-order valence-electron chi connectivity index (χ2n) is 23.6. The van der Waals surface area contributed by atoms with E-state index in [9.17, 15) is 0 Å². The van der Waals surface area contributed by atoms with Crippen molar-refractivity contribution in [1.29, 1.82) is 0 Å². The molecular formula is C67H61BN2. The van der Waals surface area contributed by atoms with Crippen molar-refractivity contribution in [1.82, 2.24) is 9.13 Å². The first-order valence-electron chi connectivity index (χ1n) is 26.2. The van der Waals surface area contributed by atoms with Gasteiger partial charge in [0.2, 0.25) is 0 Å². The lowest BCUT2D eigenvalue weighted by molar-refractivity contribution is 0.590. The maximum Gasteiger partial charge on any atom is 0.252 e. The van der Waals surface area contributed by atoms with Crippen LogP contribution in [0.1, 0.15) is 138 Å². The maximum absolute atomic E-state index is 2.79. The molecular weight excluding hydrogens is 844 g/mol. The van der Waals surface area contributed by atoms with E-state index >= 15 is 0 Å². The highest BCUT2D eigenvalue weighted by Gasteiger charge is 2.54. The van der Waals surface area contributed by atoms with Gasteiger partial charge in [0.1, 0.15) is 0 Å². The summed E-state index contributed by atoms with van der Waals surface area (Å²) in [5, 5.41) is 4.12. The summed E-state index contributed by atoms with van der Waals surface area (Å²) in [5.41, 5.74) is 29.6. The van der Waals surface area contributed by atoms with E-state index in [1.165, 1.54) is 138 Å². The van der Waals surface area contributed by atoms with Crippen LogP contribution in [0.2, 0.25) is 0 Å². The van der Waals surface area contributed by atoms with E-state index in [0.717, 1.165) is 12.8 Å². The maximum atomic E-state index is 2.79. The Balaban J connectivity index is 1.19. The van der Waals surface area contributed by atoms with Gasteiger partial charge in [-0.25, -0.2) is 0 Å². The molecule has 10 aromatic rings. The standard InChI is InChI=1S/C67H61BN2/c1-11-38(3)42-34-49-50-35-43(39(4)12-2)37-56-63(50)70-61(49)54(36-42)67(51-21-15-13-18-46(51)47-19-14-16-22-52(47)67)53-32-33-57-59(64(53)70)68(56)55-23-17-20-48-58(40-24-28-44(29-25-40)65(5,6)7)60(69(57)62(48)55)41-26-30-45(31-27-41)66(8,9)10/h13-39H,11-12H2,1-10H3. The zero-order valence-electron chi connectivity index (χ0n) is 42.5. The highest BCUT2D eigenvalue weighted by molar-refractivity contribution is 7.00. The molecule has 1 aliphatic carbocycles. The summed E-state index contributed by atoms with van der Waals surface area (Å²) >= 11 is 0. The normalized spacial score (nSPS) is 15.4. The Hall–Kier alpha value is -6.84. The fourth-order valence-electron chi connectivity index (χ4n) is 13.8. The van der Waals surface area contributed by atoms with E-state index < -0.39 is 5.41 Å². The highest BCUT2D eigenvalue weighted by Crippen LogP contribution is 2.62. The van der Waals surface area contributed by atoms with Crippen molar-refractivity contribution < 1.29 is 0 Å². The van der Waals surface area contributed by atoms with E-state index in [1.54, 1.807) is 0 Å². The molecule has 2 aromatic heterocycles. The molecule has 0 saturated heterocycles. The molecule has 0 N–H and O–H groups in total. The molecule has 342 valence electrons. The van der Waals surface area contributed by atoms with Crippen molar-refractivity contribution >= 4 is 55.8 Å². The molecule has 0 fully saturated rings. The Morgan fingerprint density at radius 3 is 1.64 bits per heavy atom. The summed E-state index contributed by atoms with van der Waals surface area (Å²) in [6.07, 6.45) is 2.18. The number of aromatic nitrogens is 2. The van der Waals surface area contributed by atoms with Crippen LogP contribution < -0.4 is 16.4 Å². The van der Waals surface area contributed by atoms with Crippen LogP contribution in [-0.2, 0) is 16.2 Å². The minimum atomic E-state index is -0.514. The van der Waals surface area contributed by atoms with Crippen LogP contribution in [0.4, 0.5) is 0 Å². The first-order valence-corrected chi connectivity index (χ1v) is 26.2. The zero-order valence-corrected chi connectivity index (χ0v) is 42.5. The summed E-state index contributed by atoms with van der Waals surface area (Å²) in [5.74, 6) is 0.833. The number of para-hydroxylation sites is 1. The Morgan fingerprint density at radius 2 is 1.04 bits per heavy atom. The number of rotatable bonds is 6. The summed E-state index contributed by atoms with van der Waals surface area (Å²) in [6.45, 7) is 23.5. The fraction of sp³-hybridized carbons (Fsp3) is 0.254. The van der Waals surface area contributed by atoms with Gasteiger partial charge in [-0.05, 0) is 137 Å². The van der Waals surface area contributed by atoms with Gasteiger partial charge in [-0.3, -0.25) is 0 Å². The molecule has 70 heavy (non-hydrogen) atoms. The lowest BCUT2D eigenvalue weighted by Crippen LogP contribution is -2.60.